The minimum Gasteiger partial charge on any atom is -0.459 e. The maximum Gasteiger partial charge on any atom is 0.280 e. The van der Waals surface area contributed by atoms with E-state index in [0.717, 1.165) is 30.2 Å². The molecular formula is C31H30ClN5O3S. The minimum absolute atomic E-state index is 0.0182. The van der Waals surface area contributed by atoms with E-state index in [-0.39, 0.29) is 11.7 Å². The average Bonchev–Trinajstić information content (AvgIpc) is 3.57. The number of aromatic nitrogens is 1. The van der Waals surface area contributed by atoms with Crippen molar-refractivity contribution in [1.29, 1.82) is 0 Å². The van der Waals surface area contributed by atoms with Gasteiger partial charge in [0, 0.05) is 31.0 Å². The lowest BCUT2D eigenvalue weighted by Crippen LogP contribution is -2.38. The molecule has 8 nitrogen and oxygen atoms in total. The highest BCUT2D eigenvalue weighted by molar-refractivity contribution is 7.80. The molecule has 2 aliphatic rings. The van der Waals surface area contributed by atoms with Crippen molar-refractivity contribution in [3.63, 3.8) is 0 Å². The molecule has 0 aliphatic carbocycles. The van der Waals surface area contributed by atoms with Crippen LogP contribution in [-0.4, -0.2) is 28.1 Å². The first-order valence-electron chi connectivity index (χ1n) is 13.7. The second-order valence-corrected chi connectivity index (χ2v) is 11.8. The van der Waals surface area contributed by atoms with Crippen LogP contribution in [0.1, 0.15) is 43.8 Å². The van der Waals surface area contributed by atoms with Crippen molar-refractivity contribution < 1.29 is 9.34 Å². The SMILES string of the molecule is C[C@@H]1C[C@H](C)CN(c2ccc(N3C(=S)N[C@H](c4ccccn4)[C@H]3c3ccc(-c4ccccc4[N+](=O)[O-])o3)cc2Cl)C1. The molecule has 0 saturated carbocycles. The predicted molar refractivity (Wildman–Crippen MR) is 165 cm³/mol. The number of furan rings is 1. The van der Waals surface area contributed by atoms with Crippen molar-refractivity contribution in [2.45, 2.75) is 32.4 Å². The van der Waals surface area contributed by atoms with E-state index in [9.17, 15) is 10.1 Å². The van der Waals surface area contributed by atoms with E-state index in [1.165, 1.54) is 12.5 Å². The van der Waals surface area contributed by atoms with Crippen molar-refractivity contribution >= 4 is 46.0 Å². The summed E-state index contributed by atoms with van der Waals surface area (Å²) < 4.78 is 6.35. The molecule has 0 spiro atoms. The fourth-order valence-corrected chi connectivity index (χ4v) is 6.82. The Kier molecular flexibility index (Phi) is 7.40. The van der Waals surface area contributed by atoms with Gasteiger partial charge in [0.1, 0.15) is 17.6 Å². The molecule has 4 atom stereocenters. The number of nitrogens with zero attached hydrogens (tertiary/aromatic N) is 4. The molecule has 41 heavy (non-hydrogen) atoms. The van der Waals surface area contributed by atoms with Gasteiger partial charge in [0.2, 0.25) is 0 Å². The third kappa shape index (κ3) is 5.27. The van der Waals surface area contributed by atoms with Crippen LogP contribution in [0.25, 0.3) is 11.3 Å². The van der Waals surface area contributed by atoms with Crippen molar-refractivity contribution in [2.24, 2.45) is 11.8 Å². The van der Waals surface area contributed by atoms with Gasteiger partial charge in [-0.1, -0.05) is 43.6 Å². The topological polar surface area (TPSA) is 87.7 Å². The van der Waals surface area contributed by atoms with Crippen LogP contribution in [0, 0.1) is 22.0 Å². The summed E-state index contributed by atoms with van der Waals surface area (Å²) in [7, 11) is 0. The lowest BCUT2D eigenvalue weighted by Gasteiger charge is -2.37. The molecule has 4 aromatic rings. The molecule has 0 bridgehead atoms. The summed E-state index contributed by atoms with van der Waals surface area (Å²) in [6.07, 6.45) is 2.96. The number of hydrogen-bond donors (Lipinski definition) is 1. The lowest BCUT2D eigenvalue weighted by molar-refractivity contribution is -0.384. The van der Waals surface area contributed by atoms with Crippen LogP contribution in [0.5, 0.6) is 0 Å². The standard InChI is InChI=1S/C31H30ClN5O3S/c1-19-15-20(2)18-35(17-19)26-11-10-21(16-23(26)32)36-30(29(34-31(36)41)24-8-5-6-14-33-24)28-13-12-27(40-28)22-7-3-4-9-25(22)37(38)39/h3-14,16,19-20,29-30H,15,17-18H2,1-2H3,(H,34,41)/t19-,20+,29-,30-/m1/s1. The average molecular weight is 588 g/mol. The second-order valence-electron chi connectivity index (χ2n) is 11.0. The lowest BCUT2D eigenvalue weighted by atomic mass is 9.91. The van der Waals surface area contributed by atoms with Crippen molar-refractivity contribution in [2.75, 3.05) is 22.9 Å². The quantitative estimate of drug-likeness (QED) is 0.140. The molecule has 6 rings (SSSR count). The van der Waals surface area contributed by atoms with Gasteiger partial charge in [-0.25, -0.2) is 0 Å². The number of hydrogen-bond acceptors (Lipinski definition) is 6. The molecule has 10 heteroatoms. The number of pyridine rings is 1. The maximum atomic E-state index is 11.7. The first-order valence-corrected chi connectivity index (χ1v) is 14.5. The molecule has 1 N–H and O–H groups in total. The highest BCUT2D eigenvalue weighted by Crippen LogP contribution is 2.45. The molecular weight excluding hydrogens is 558 g/mol. The second kappa shape index (κ2) is 11.1. The number of thiocarbonyl (C=S) groups is 1. The number of anilines is 2. The molecule has 210 valence electrons. The van der Waals surface area contributed by atoms with Gasteiger partial charge >= 0.3 is 0 Å². The van der Waals surface area contributed by atoms with Gasteiger partial charge in [0.15, 0.2) is 5.11 Å². The highest BCUT2D eigenvalue weighted by atomic mass is 35.5. The summed E-state index contributed by atoms with van der Waals surface area (Å²) in [5, 5.41) is 16.3. The number of nitrogens with one attached hydrogen (secondary N) is 1. The Morgan fingerprint density at radius 2 is 1.80 bits per heavy atom. The number of rotatable bonds is 6. The van der Waals surface area contributed by atoms with Crippen molar-refractivity contribution in [1.82, 2.24) is 10.3 Å². The zero-order valence-electron chi connectivity index (χ0n) is 22.7. The third-order valence-corrected chi connectivity index (χ3v) is 8.42. The summed E-state index contributed by atoms with van der Waals surface area (Å²) >= 11 is 12.8. The smallest absolute Gasteiger partial charge is 0.280 e. The van der Waals surface area contributed by atoms with Crippen LogP contribution in [0.2, 0.25) is 5.02 Å². The highest BCUT2D eigenvalue weighted by Gasteiger charge is 2.43. The Morgan fingerprint density at radius 1 is 1.05 bits per heavy atom. The van der Waals surface area contributed by atoms with Crippen molar-refractivity contribution in [3.8, 4) is 11.3 Å². The van der Waals surface area contributed by atoms with Crippen LogP contribution in [0.4, 0.5) is 17.1 Å². The molecule has 2 saturated heterocycles. The number of nitro benzene ring substituents is 1. The van der Waals surface area contributed by atoms with E-state index >= 15 is 0 Å². The summed E-state index contributed by atoms with van der Waals surface area (Å²) in [6, 6.07) is 21.2. The Labute approximate surface area is 249 Å². The zero-order valence-corrected chi connectivity index (χ0v) is 24.3. The number of para-hydroxylation sites is 1. The molecule has 0 radical (unpaired) electrons. The minimum atomic E-state index is -0.411. The van der Waals surface area contributed by atoms with E-state index in [4.69, 9.17) is 28.2 Å². The third-order valence-electron chi connectivity index (χ3n) is 7.80. The number of halogens is 1. The van der Waals surface area contributed by atoms with E-state index in [1.807, 2.05) is 41.3 Å². The molecule has 4 heterocycles. The summed E-state index contributed by atoms with van der Waals surface area (Å²) in [4.78, 5) is 20.2. The van der Waals surface area contributed by atoms with Crippen LogP contribution in [-0.2, 0) is 0 Å². The monoisotopic (exact) mass is 587 g/mol. The largest absolute Gasteiger partial charge is 0.459 e. The van der Waals surface area contributed by atoms with Gasteiger partial charge in [0.25, 0.3) is 5.69 Å². The maximum absolute atomic E-state index is 11.7. The van der Waals surface area contributed by atoms with Crippen molar-refractivity contribution in [3.05, 3.63) is 106 Å². The Hall–Kier alpha value is -3.95. The molecule has 0 amide bonds. The van der Waals surface area contributed by atoms with Gasteiger partial charge in [-0.2, -0.15) is 0 Å². The first kappa shape index (κ1) is 27.2. The fraction of sp³-hybridized carbons (Fsp3) is 0.290. The Morgan fingerprint density at radius 3 is 2.51 bits per heavy atom. The van der Waals surface area contributed by atoms with Crippen LogP contribution in [0.3, 0.4) is 0 Å². The molecule has 2 fully saturated rings. The van der Waals surface area contributed by atoms with E-state index in [0.29, 0.717) is 39.1 Å². The predicted octanol–water partition coefficient (Wildman–Crippen LogP) is 7.56. The van der Waals surface area contributed by atoms with Gasteiger partial charge in [0.05, 0.1) is 32.9 Å². The van der Waals surface area contributed by atoms with E-state index < -0.39 is 11.0 Å². The molecule has 2 aliphatic heterocycles. The van der Waals surface area contributed by atoms with Crippen LogP contribution >= 0.6 is 23.8 Å². The first-order chi connectivity index (χ1) is 19.8. The number of nitro groups is 1. The number of piperidine rings is 1. The van der Waals surface area contributed by atoms with Gasteiger partial charge in [-0.15, -0.1) is 0 Å². The molecule has 0 unspecified atom stereocenters. The summed E-state index contributed by atoms with van der Waals surface area (Å²) in [6.45, 7) is 6.50. The Balaban J connectivity index is 1.40. The van der Waals surface area contributed by atoms with Crippen LogP contribution < -0.4 is 15.1 Å². The fourth-order valence-electron chi connectivity index (χ4n) is 6.18. The molecule has 2 aromatic heterocycles. The normalized spacial score (nSPS) is 22.6. The van der Waals surface area contributed by atoms with E-state index in [1.54, 1.807) is 30.5 Å². The molecule has 2 aromatic carbocycles. The summed E-state index contributed by atoms with van der Waals surface area (Å²) in [5.41, 5.74) is 3.03. The van der Waals surface area contributed by atoms with E-state index in [2.05, 4.69) is 35.1 Å². The Bertz CT molecular complexity index is 1590. The zero-order chi connectivity index (χ0) is 28.7. The van der Waals surface area contributed by atoms with Gasteiger partial charge in [-0.3, -0.25) is 15.1 Å². The van der Waals surface area contributed by atoms with Gasteiger partial charge < -0.3 is 19.5 Å². The van der Waals surface area contributed by atoms with Gasteiger partial charge in [-0.05, 0) is 79.0 Å². The summed E-state index contributed by atoms with van der Waals surface area (Å²) in [5.74, 6) is 2.20. The van der Waals surface area contributed by atoms with Crippen LogP contribution in [0.15, 0.2) is 83.4 Å². The number of benzene rings is 2.